The topological polar surface area (TPSA) is 61.6 Å². The number of carbonyl (C=O) groups is 1. The van der Waals surface area contributed by atoms with Crippen LogP contribution in [-0.2, 0) is 4.79 Å². The average molecular weight is 328 g/mol. The third kappa shape index (κ3) is 3.11. The van der Waals surface area contributed by atoms with E-state index in [-0.39, 0.29) is 5.91 Å². The van der Waals surface area contributed by atoms with Crippen molar-refractivity contribution in [1.29, 1.82) is 0 Å². The maximum atomic E-state index is 12.4. The van der Waals surface area contributed by atoms with Crippen LogP contribution in [-0.4, -0.2) is 54.6 Å². The Kier molecular flexibility index (Phi) is 4.14. The molecule has 0 saturated carbocycles. The van der Waals surface area contributed by atoms with Gasteiger partial charge in [0.1, 0.15) is 5.52 Å². The molecule has 0 spiro atoms. The van der Waals surface area contributed by atoms with Crippen LogP contribution in [0.3, 0.4) is 0 Å². The molecule has 0 aliphatic carbocycles. The monoisotopic (exact) mass is 328 g/mol. The van der Waals surface area contributed by atoms with Crippen LogP contribution in [0.4, 0.5) is 6.01 Å². The molecule has 6 heteroatoms. The Labute approximate surface area is 141 Å². The molecular formula is C18H24N4O2. The lowest BCUT2D eigenvalue weighted by Gasteiger charge is -2.34. The predicted octanol–water partition coefficient (Wildman–Crippen LogP) is 1.93. The summed E-state index contributed by atoms with van der Waals surface area (Å²) in [4.78, 5) is 21.1. The number of carbonyl (C=O) groups excluding carboxylic acids is 1. The Hall–Kier alpha value is -2.08. The minimum atomic E-state index is 0.266. The molecule has 2 saturated heterocycles. The van der Waals surface area contributed by atoms with E-state index in [1.54, 1.807) is 0 Å². The van der Waals surface area contributed by atoms with Gasteiger partial charge in [0, 0.05) is 38.6 Å². The van der Waals surface area contributed by atoms with E-state index in [1.807, 2.05) is 23.1 Å². The summed E-state index contributed by atoms with van der Waals surface area (Å²) < 4.78 is 5.87. The number of amides is 1. The third-order valence-corrected chi connectivity index (χ3v) is 5.02. The molecular weight excluding hydrogens is 304 g/mol. The zero-order valence-corrected chi connectivity index (χ0v) is 14.1. The van der Waals surface area contributed by atoms with Gasteiger partial charge in [0.2, 0.25) is 5.91 Å². The van der Waals surface area contributed by atoms with Crippen molar-refractivity contribution in [1.82, 2.24) is 15.2 Å². The third-order valence-electron chi connectivity index (χ3n) is 5.02. The van der Waals surface area contributed by atoms with Gasteiger partial charge in [-0.15, -0.1) is 0 Å². The molecule has 2 aliphatic heterocycles. The molecule has 1 aromatic carbocycles. The Morgan fingerprint density at radius 2 is 2.17 bits per heavy atom. The van der Waals surface area contributed by atoms with E-state index in [2.05, 4.69) is 22.1 Å². The number of fused-ring (bicyclic) bond motifs is 1. The lowest BCUT2D eigenvalue weighted by molar-refractivity contribution is -0.132. The molecule has 4 rings (SSSR count). The first kappa shape index (κ1) is 15.4. The van der Waals surface area contributed by atoms with Crippen molar-refractivity contribution in [2.45, 2.75) is 32.2 Å². The molecule has 1 unspecified atom stereocenters. The summed E-state index contributed by atoms with van der Waals surface area (Å²) in [6, 6.07) is 7.08. The van der Waals surface area contributed by atoms with E-state index in [4.69, 9.17) is 4.42 Å². The maximum Gasteiger partial charge on any atom is 0.298 e. The second kappa shape index (κ2) is 6.43. The van der Waals surface area contributed by atoms with Gasteiger partial charge in [-0.1, -0.05) is 6.07 Å². The molecule has 24 heavy (non-hydrogen) atoms. The summed E-state index contributed by atoms with van der Waals surface area (Å²) in [7, 11) is 0. The minimum absolute atomic E-state index is 0.266. The Morgan fingerprint density at radius 3 is 2.92 bits per heavy atom. The summed E-state index contributed by atoms with van der Waals surface area (Å²) in [6.45, 7) is 6.12. The lowest BCUT2D eigenvalue weighted by Crippen LogP contribution is -2.49. The highest BCUT2D eigenvalue weighted by Crippen LogP contribution is 2.24. The number of piperazine rings is 1. The van der Waals surface area contributed by atoms with Crippen LogP contribution in [0, 0.1) is 6.92 Å². The maximum absolute atomic E-state index is 12.4. The quantitative estimate of drug-likeness (QED) is 0.933. The highest BCUT2D eigenvalue weighted by molar-refractivity contribution is 5.77. The first-order valence-electron chi connectivity index (χ1n) is 8.82. The number of aryl methyl sites for hydroxylation is 1. The number of oxazole rings is 1. The SMILES string of the molecule is Cc1ccc2oc(N3CCN(C(=O)CC4CCCN4)CC3)nc2c1. The fourth-order valence-electron chi connectivity index (χ4n) is 3.58. The predicted molar refractivity (Wildman–Crippen MR) is 93.2 cm³/mol. The Balaban J connectivity index is 1.37. The smallest absolute Gasteiger partial charge is 0.298 e. The lowest BCUT2D eigenvalue weighted by atomic mass is 10.1. The van der Waals surface area contributed by atoms with Crippen LogP contribution in [0.1, 0.15) is 24.8 Å². The van der Waals surface area contributed by atoms with Gasteiger partial charge in [-0.05, 0) is 44.0 Å². The normalized spacial score (nSPS) is 21.6. The standard InChI is InChI=1S/C18H24N4O2/c1-13-4-5-16-15(11-13)20-18(24-16)22-9-7-21(8-10-22)17(23)12-14-3-2-6-19-14/h4-5,11,14,19H,2-3,6-10,12H2,1H3. The highest BCUT2D eigenvalue weighted by Gasteiger charge is 2.26. The van der Waals surface area contributed by atoms with Crippen LogP contribution in [0.2, 0.25) is 0 Å². The highest BCUT2D eigenvalue weighted by atomic mass is 16.4. The van der Waals surface area contributed by atoms with E-state index in [0.717, 1.165) is 50.2 Å². The van der Waals surface area contributed by atoms with Gasteiger partial charge in [-0.3, -0.25) is 4.79 Å². The van der Waals surface area contributed by atoms with Gasteiger partial charge in [0.15, 0.2) is 5.58 Å². The van der Waals surface area contributed by atoms with Crippen LogP contribution < -0.4 is 10.2 Å². The zero-order valence-electron chi connectivity index (χ0n) is 14.1. The molecule has 0 bridgehead atoms. The van der Waals surface area contributed by atoms with Gasteiger partial charge in [0.05, 0.1) is 0 Å². The van der Waals surface area contributed by atoms with Crippen molar-refractivity contribution in [2.75, 3.05) is 37.6 Å². The van der Waals surface area contributed by atoms with Crippen molar-refractivity contribution in [3.8, 4) is 0 Å². The molecule has 1 N–H and O–H groups in total. The van der Waals surface area contributed by atoms with Crippen LogP contribution in [0.15, 0.2) is 22.6 Å². The van der Waals surface area contributed by atoms with Crippen LogP contribution >= 0.6 is 0 Å². The fourth-order valence-corrected chi connectivity index (χ4v) is 3.58. The van der Waals surface area contributed by atoms with Crippen molar-refractivity contribution in [3.05, 3.63) is 23.8 Å². The summed E-state index contributed by atoms with van der Waals surface area (Å²) in [6.07, 6.45) is 2.93. The average Bonchev–Trinajstić information content (AvgIpc) is 3.24. The minimum Gasteiger partial charge on any atom is -0.423 e. The summed E-state index contributed by atoms with van der Waals surface area (Å²) in [5.74, 6) is 0.266. The molecule has 2 fully saturated rings. The number of hydrogen-bond donors (Lipinski definition) is 1. The number of benzene rings is 1. The fraction of sp³-hybridized carbons (Fsp3) is 0.556. The Morgan fingerprint density at radius 1 is 1.33 bits per heavy atom. The summed E-state index contributed by atoms with van der Waals surface area (Å²) in [5, 5.41) is 3.40. The molecule has 1 aromatic heterocycles. The molecule has 1 amide bonds. The number of nitrogens with one attached hydrogen (secondary N) is 1. The number of hydrogen-bond acceptors (Lipinski definition) is 5. The zero-order chi connectivity index (χ0) is 16.5. The van der Waals surface area contributed by atoms with Crippen molar-refractivity contribution >= 4 is 23.0 Å². The number of rotatable bonds is 3. The van der Waals surface area contributed by atoms with Gasteiger partial charge in [0.25, 0.3) is 6.01 Å². The van der Waals surface area contributed by atoms with Crippen molar-refractivity contribution < 1.29 is 9.21 Å². The molecule has 2 aromatic rings. The van der Waals surface area contributed by atoms with E-state index >= 15 is 0 Å². The van der Waals surface area contributed by atoms with Gasteiger partial charge < -0.3 is 19.5 Å². The van der Waals surface area contributed by atoms with Crippen LogP contribution in [0.5, 0.6) is 0 Å². The van der Waals surface area contributed by atoms with Gasteiger partial charge >= 0.3 is 0 Å². The van der Waals surface area contributed by atoms with E-state index in [1.165, 1.54) is 12.0 Å². The second-order valence-corrected chi connectivity index (χ2v) is 6.83. The molecule has 1 atom stereocenters. The Bertz CT molecular complexity index is 728. The van der Waals surface area contributed by atoms with E-state index in [0.29, 0.717) is 18.5 Å². The summed E-state index contributed by atoms with van der Waals surface area (Å²) in [5.41, 5.74) is 2.90. The first-order chi connectivity index (χ1) is 11.7. The van der Waals surface area contributed by atoms with Crippen molar-refractivity contribution in [2.24, 2.45) is 0 Å². The first-order valence-corrected chi connectivity index (χ1v) is 8.82. The number of anilines is 1. The van der Waals surface area contributed by atoms with E-state index < -0.39 is 0 Å². The van der Waals surface area contributed by atoms with Gasteiger partial charge in [-0.2, -0.15) is 4.98 Å². The summed E-state index contributed by atoms with van der Waals surface area (Å²) >= 11 is 0. The second-order valence-electron chi connectivity index (χ2n) is 6.83. The number of aromatic nitrogens is 1. The largest absolute Gasteiger partial charge is 0.423 e. The molecule has 2 aliphatic rings. The molecule has 6 nitrogen and oxygen atoms in total. The van der Waals surface area contributed by atoms with E-state index in [9.17, 15) is 4.79 Å². The molecule has 3 heterocycles. The van der Waals surface area contributed by atoms with Crippen LogP contribution in [0.25, 0.3) is 11.1 Å². The number of nitrogens with zero attached hydrogens (tertiary/aromatic N) is 3. The molecule has 0 radical (unpaired) electrons. The van der Waals surface area contributed by atoms with Crippen molar-refractivity contribution in [3.63, 3.8) is 0 Å². The molecule has 128 valence electrons. The van der Waals surface area contributed by atoms with Gasteiger partial charge in [-0.25, -0.2) is 0 Å².